The Labute approximate surface area is 198 Å². The van der Waals surface area contributed by atoms with Gasteiger partial charge in [0.05, 0.1) is 34.6 Å². The summed E-state index contributed by atoms with van der Waals surface area (Å²) in [5, 5.41) is 14.8. The SMILES string of the molecule is N#Cc1cc(Cl)cc(Oc2c(Cl)ccc(CNC(=O)c3cnn(OC(=O)C(F)(F)F)c3)c2F)c1. The third-order valence-corrected chi connectivity index (χ3v) is 4.53. The maximum Gasteiger partial charge on any atom is 0.493 e. The van der Waals surface area contributed by atoms with Gasteiger partial charge in [0.2, 0.25) is 0 Å². The van der Waals surface area contributed by atoms with E-state index in [1.54, 1.807) is 0 Å². The van der Waals surface area contributed by atoms with Crippen LogP contribution in [0.5, 0.6) is 11.5 Å². The number of benzene rings is 2. The minimum atomic E-state index is -5.25. The van der Waals surface area contributed by atoms with Crippen LogP contribution >= 0.6 is 23.2 Å². The summed E-state index contributed by atoms with van der Waals surface area (Å²) in [6.07, 6.45) is -3.67. The molecule has 0 unspecified atom stereocenters. The van der Waals surface area contributed by atoms with E-state index in [0.717, 1.165) is 12.4 Å². The number of ether oxygens (including phenoxy) is 1. The van der Waals surface area contributed by atoms with Crippen molar-refractivity contribution >= 4 is 35.1 Å². The van der Waals surface area contributed by atoms with Gasteiger partial charge >= 0.3 is 12.1 Å². The van der Waals surface area contributed by atoms with E-state index in [0.29, 0.717) is 0 Å². The van der Waals surface area contributed by atoms with Crippen molar-refractivity contribution in [1.29, 1.82) is 5.26 Å². The molecule has 14 heteroatoms. The molecule has 0 saturated heterocycles. The van der Waals surface area contributed by atoms with Gasteiger partial charge in [-0.05, 0) is 24.3 Å². The molecule has 0 saturated carbocycles. The fourth-order valence-electron chi connectivity index (χ4n) is 2.49. The zero-order valence-corrected chi connectivity index (χ0v) is 18.0. The number of hydrogen-bond donors (Lipinski definition) is 1. The van der Waals surface area contributed by atoms with Crippen molar-refractivity contribution in [1.82, 2.24) is 15.3 Å². The number of halogens is 6. The number of carbonyl (C=O) groups is 2. The number of rotatable bonds is 6. The quantitative estimate of drug-likeness (QED) is 0.485. The Bertz CT molecular complexity index is 1300. The number of nitrogens with one attached hydrogen (secondary N) is 1. The minimum Gasteiger partial charge on any atom is -0.453 e. The van der Waals surface area contributed by atoms with Gasteiger partial charge in [0.15, 0.2) is 11.6 Å². The predicted molar refractivity (Wildman–Crippen MR) is 109 cm³/mol. The fraction of sp³-hybridized carbons (Fsp3) is 0.100. The van der Waals surface area contributed by atoms with E-state index in [2.05, 4.69) is 15.3 Å². The van der Waals surface area contributed by atoms with Gasteiger partial charge in [-0.25, -0.2) is 9.18 Å². The Morgan fingerprint density at radius 1 is 1.21 bits per heavy atom. The number of hydrogen-bond acceptors (Lipinski definition) is 6. The van der Waals surface area contributed by atoms with E-state index >= 15 is 0 Å². The number of carbonyl (C=O) groups excluding carboxylic acids is 2. The molecule has 3 aromatic rings. The summed E-state index contributed by atoms with van der Waals surface area (Å²) in [5.74, 6) is -4.63. The Hall–Kier alpha value is -3.82. The Morgan fingerprint density at radius 3 is 2.62 bits per heavy atom. The molecular formula is C20H10Cl2F4N4O4. The van der Waals surface area contributed by atoms with Gasteiger partial charge in [-0.3, -0.25) is 4.79 Å². The number of aromatic nitrogens is 2. The summed E-state index contributed by atoms with van der Waals surface area (Å²) in [5.41, 5.74) is -0.140. The van der Waals surface area contributed by atoms with E-state index in [-0.39, 0.29) is 49.6 Å². The first-order valence-electron chi connectivity index (χ1n) is 8.95. The molecule has 0 aliphatic carbocycles. The molecule has 0 fully saturated rings. The van der Waals surface area contributed by atoms with Gasteiger partial charge in [-0.2, -0.15) is 18.4 Å². The summed E-state index contributed by atoms with van der Waals surface area (Å²) in [6, 6.07) is 8.50. The summed E-state index contributed by atoms with van der Waals surface area (Å²) in [4.78, 5) is 27.1. The second kappa shape index (κ2) is 9.98. The molecule has 0 aliphatic rings. The zero-order chi connectivity index (χ0) is 25.0. The van der Waals surface area contributed by atoms with Crippen LogP contribution < -0.4 is 14.9 Å². The van der Waals surface area contributed by atoms with Gasteiger partial charge in [0.1, 0.15) is 5.75 Å². The topological polar surface area (TPSA) is 106 Å². The largest absolute Gasteiger partial charge is 0.493 e. The van der Waals surface area contributed by atoms with Crippen LogP contribution in [0.25, 0.3) is 0 Å². The molecule has 0 radical (unpaired) electrons. The lowest BCUT2D eigenvalue weighted by Crippen LogP contribution is -2.33. The minimum absolute atomic E-state index is 0.0480. The Kier molecular flexibility index (Phi) is 7.29. The molecule has 0 spiro atoms. The molecule has 2 aromatic carbocycles. The summed E-state index contributed by atoms with van der Waals surface area (Å²) >= 11 is 11.9. The lowest BCUT2D eigenvalue weighted by atomic mass is 10.2. The Morgan fingerprint density at radius 2 is 1.94 bits per heavy atom. The summed E-state index contributed by atoms with van der Waals surface area (Å²) in [7, 11) is 0. The molecule has 1 N–H and O–H groups in total. The first-order chi connectivity index (χ1) is 16.0. The van der Waals surface area contributed by atoms with Crippen molar-refractivity contribution in [3.8, 4) is 17.6 Å². The average Bonchev–Trinajstić information content (AvgIpc) is 3.23. The second-order valence-electron chi connectivity index (χ2n) is 6.43. The monoisotopic (exact) mass is 516 g/mol. The molecule has 1 heterocycles. The predicted octanol–water partition coefficient (Wildman–Crippen LogP) is 4.44. The smallest absolute Gasteiger partial charge is 0.453 e. The van der Waals surface area contributed by atoms with E-state index in [4.69, 9.17) is 33.2 Å². The van der Waals surface area contributed by atoms with Gasteiger partial charge in [0, 0.05) is 17.1 Å². The normalized spacial score (nSPS) is 11.0. The van der Waals surface area contributed by atoms with Crippen LogP contribution in [0.2, 0.25) is 10.0 Å². The number of nitrogens with zero attached hydrogens (tertiary/aromatic N) is 3. The van der Waals surface area contributed by atoms with Crippen molar-refractivity contribution in [2.24, 2.45) is 0 Å². The highest BCUT2D eigenvalue weighted by Crippen LogP contribution is 2.35. The molecule has 34 heavy (non-hydrogen) atoms. The molecule has 0 aliphatic heterocycles. The molecule has 176 valence electrons. The van der Waals surface area contributed by atoms with Crippen LogP contribution in [0, 0.1) is 17.1 Å². The van der Waals surface area contributed by atoms with Gasteiger partial charge in [-0.1, -0.05) is 34.1 Å². The number of nitriles is 1. The molecule has 0 atom stereocenters. The van der Waals surface area contributed by atoms with Crippen LogP contribution in [0.1, 0.15) is 21.5 Å². The molecule has 1 aromatic heterocycles. The highest BCUT2D eigenvalue weighted by atomic mass is 35.5. The molecule has 1 amide bonds. The molecule has 0 bridgehead atoms. The Balaban J connectivity index is 1.71. The van der Waals surface area contributed by atoms with Gasteiger partial charge < -0.3 is 14.9 Å². The van der Waals surface area contributed by atoms with Crippen molar-refractivity contribution < 1.29 is 36.7 Å². The fourth-order valence-corrected chi connectivity index (χ4v) is 2.90. The second-order valence-corrected chi connectivity index (χ2v) is 7.27. The molecular weight excluding hydrogens is 507 g/mol. The maximum atomic E-state index is 15.0. The standard InChI is InChI=1S/C20H10Cl2F4N4O4/c21-13-3-10(6-27)4-14(5-13)33-17-15(22)2-1-11(16(17)23)7-28-18(31)12-8-29-30(9-12)34-19(32)20(24,25)26/h1-5,8-9H,7H2,(H,28,31). The van der Waals surface area contributed by atoms with Crippen molar-refractivity contribution in [2.75, 3.05) is 0 Å². The molecule has 3 rings (SSSR count). The lowest BCUT2D eigenvalue weighted by molar-refractivity contribution is -0.201. The van der Waals surface area contributed by atoms with Crippen molar-refractivity contribution in [3.63, 3.8) is 0 Å². The van der Waals surface area contributed by atoms with Gasteiger partial charge in [-0.15, -0.1) is 5.10 Å². The summed E-state index contributed by atoms with van der Waals surface area (Å²) in [6.45, 7) is -0.370. The van der Waals surface area contributed by atoms with E-state index in [1.807, 2.05) is 6.07 Å². The lowest BCUT2D eigenvalue weighted by Gasteiger charge is -2.13. The number of alkyl halides is 3. The first-order valence-corrected chi connectivity index (χ1v) is 9.71. The van der Waals surface area contributed by atoms with Crippen molar-refractivity contribution in [3.05, 3.63) is 75.3 Å². The maximum absolute atomic E-state index is 15.0. The highest BCUT2D eigenvalue weighted by Gasteiger charge is 2.42. The third-order valence-electron chi connectivity index (χ3n) is 4.02. The van der Waals surface area contributed by atoms with Crippen molar-refractivity contribution in [2.45, 2.75) is 12.7 Å². The van der Waals surface area contributed by atoms with E-state index in [1.165, 1.54) is 30.3 Å². The average molecular weight is 517 g/mol. The van der Waals surface area contributed by atoms with Crippen LogP contribution in [-0.2, 0) is 11.3 Å². The van der Waals surface area contributed by atoms with Crippen LogP contribution in [0.4, 0.5) is 17.6 Å². The van der Waals surface area contributed by atoms with Crippen LogP contribution in [-0.4, -0.2) is 28.0 Å². The van der Waals surface area contributed by atoms with E-state index < -0.39 is 23.9 Å². The first kappa shape index (κ1) is 24.8. The number of amides is 1. The summed E-state index contributed by atoms with van der Waals surface area (Å²) < 4.78 is 57.1. The third kappa shape index (κ3) is 5.94. The highest BCUT2D eigenvalue weighted by molar-refractivity contribution is 6.32. The molecule has 8 nitrogen and oxygen atoms in total. The zero-order valence-electron chi connectivity index (χ0n) is 16.5. The van der Waals surface area contributed by atoms with Crippen LogP contribution in [0.15, 0.2) is 42.7 Å². The van der Waals surface area contributed by atoms with Gasteiger partial charge in [0.25, 0.3) is 5.91 Å². The van der Waals surface area contributed by atoms with E-state index in [9.17, 15) is 27.2 Å². The van der Waals surface area contributed by atoms with Crippen LogP contribution in [0.3, 0.4) is 0 Å².